The third-order valence-corrected chi connectivity index (χ3v) is 4.78. The van der Waals surface area contributed by atoms with Crippen LogP contribution in [0, 0.1) is 24.6 Å². The standard InChI is InChI=1S/C23H26FNO/c1-16(2)26-22-13-18(10-9-17(22)3)11-12-23(4,5)25-14-19-7-6-8-21(24)20(19)15-25/h6-10,13,16H,14-15H2,1-5H3. The molecule has 0 radical (unpaired) electrons. The molecule has 2 aromatic carbocycles. The number of rotatable bonds is 3. The molecule has 0 unspecified atom stereocenters. The van der Waals surface area contributed by atoms with Crippen LogP contribution >= 0.6 is 0 Å². The Morgan fingerprint density at radius 2 is 1.92 bits per heavy atom. The van der Waals surface area contributed by atoms with Crippen LogP contribution in [-0.2, 0) is 13.1 Å². The molecule has 3 heteroatoms. The van der Waals surface area contributed by atoms with Crippen LogP contribution in [0.4, 0.5) is 4.39 Å². The third-order valence-electron chi connectivity index (χ3n) is 4.78. The van der Waals surface area contributed by atoms with E-state index in [9.17, 15) is 4.39 Å². The molecule has 0 aliphatic carbocycles. The Bertz CT molecular complexity index is 874. The SMILES string of the molecule is Cc1ccc(C#CC(C)(C)N2Cc3cccc(F)c3C2)cc1OC(C)C. The van der Waals surface area contributed by atoms with Crippen LogP contribution in [0.25, 0.3) is 0 Å². The lowest BCUT2D eigenvalue weighted by Crippen LogP contribution is -2.38. The van der Waals surface area contributed by atoms with Crippen LogP contribution in [0.5, 0.6) is 5.75 Å². The summed E-state index contributed by atoms with van der Waals surface area (Å²) in [6, 6.07) is 11.4. The van der Waals surface area contributed by atoms with Crippen molar-refractivity contribution in [2.75, 3.05) is 0 Å². The summed E-state index contributed by atoms with van der Waals surface area (Å²) in [5.74, 6) is 7.40. The third kappa shape index (κ3) is 3.92. The summed E-state index contributed by atoms with van der Waals surface area (Å²) in [6.07, 6.45) is 0.131. The molecule has 1 aliphatic heterocycles. The Morgan fingerprint density at radius 3 is 2.62 bits per heavy atom. The summed E-state index contributed by atoms with van der Waals surface area (Å²) in [5, 5.41) is 0. The van der Waals surface area contributed by atoms with Crippen molar-refractivity contribution in [3.8, 4) is 17.6 Å². The Balaban J connectivity index is 1.80. The zero-order valence-corrected chi connectivity index (χ0v) is 16.2. The molecule has 136 valence electrons. The lowest BCUT2D eigenvalue weighted by atomic mass is 10.0. The highest BCUT2D eigenvalue weighted by molar-refractivity contribution is 5.45. The quantitative estimate of drug-likeness (QED) is 0.716. The molecule has 0 spiro atoms. The molecule has 2 nitrogen and oxygen atoms in total. The van der Waals surface area contributed by atoms with Crippen molar-refractivity contribution in [3.05, 3.63) is 64.5 Å². The van der Waals surface area contributed by atoms with Crippen LogP contribution in [0.1, 0.15) is 49.9 Å². The van der Waals surface area contributed by atoms with E-state index in [1.807, 2.05) is 45.0 Å². The van der Waals surface area contributed by atoms with Gasteiger partial charge in [-0.05, 0) is 63.9 Å². The van der Waals surface area contributed by atoms with E-state index in [-0.39, 0.29) is 17.5 Å². The van der Waals surface area contributed by atoms with E-state index in [1.54, 1.807) is 6.07 Å². The number of benzene rings is 2. The Labute approximate surface area is 156 Å². The predicted molar refractivity (Wildman–Crippen MR) is 104 cm³/mol. The number of aryl methyl sites for hydroxylation is 1. The molecule has 0 atom stereocenters. The fourth-order valence-corrected chi connectivity index (χ4v) is 3.14. The number of hydrogen-bond donors (Lipinski definition) is 0. The van der Waals surface area contributed by atoms with Crippen molar-refractivity contribution in [1.29, 1.82) is 0 Å². The zero-order chi connectivity index (χ0) is 18.9. The van der Waals surface area contributed by atoms with Gasteiger partial charge in [0.25, 0.3) is 0 Å². The van der Waals surface area contributed by atoms with E-state index < -0.39 is 0 Å². The molecule has 1 heterocycles. The molecular weight excluding hydrogens is 325 g/mol. The van der Waals surface area contributed by atoms with E-state index in [4.69, 9.17) is 4.74 Å². The molecule has 0 bridgehead atoms. The summed E-state index contributed by atoms with van der Waals surface area (Å²) in [5.41, 5.74) is 3.54. The second-order valence-electron chi connectivity index (χ2n) is 7.69. The van der Waals surface area contributed by atoms with Gasteiger partial charge in [-0.3, -0.25) is 4.90 Å². The topological polar surface area (TPSA) is 12.5 Å². The smallest absolute Gasteiger partial charge is 0.128 e. The lowest BCUT2D eigenvalue weighted by Gasteiger charge is -2.30. The predicted octanol–water partition coefficient (Wildman–Crippen LogP) is 5.07. The summed E-state index contributed by atoms with van der Waals surface area (Å²) in [4.78, 5) is 2.22. The largest absolute Gasteiger partial charge is 0.491 e. The first kappa shape index (κ1) is 18.5. The molecule has 26 heavy (non-hydrogen) atoms. The van der Waals surface area contributed by atoms with E-state index in [1.165, 1.54) is 6.07 Å². The van der Waals surface area contributed by atoms with Gasteiger partial charge in [0.2, 0.25) is 0 Å². The van der Waals surface area contributed by atoms with E-state index in [0.29, 0.717) is 6.54 Å². The maximum Gasteiger partial charge on any atom is 0.128 e. The molecule has 0 fully saturated rings. The Hall–Kier alpha value is -2.31. The monoisotopic (exact) mass is 351 g/mol. The van der Waals surface area contributed by atoms with Gasteiger partial charge >= 0.3 is 0 Å². The molecule has 0 saturated heterocycles. The van der Waals surface area contributed by atoms with Gasteiger partial charge in [-0.25, -0.2) is 4.39 Å². The van der Waals surface area contributed by atoms with Crippen LogP contribution < -0.4 is 4.74 Å². The first-order chi connectivity index (χ1) is 12.3. The fraction of sp³-hybridized carbons (Fsp3) is 0.391. The average molecular weight is 351 g/mol. The van der Waals surface area contributed by atoms with Gasteiger partial charge in [0.15, 0.2) is 0 Å². The first-order valence-electron chi connectivity index (χ1n) is 9.08. The van der Waals surface area contributed by atoms with Crippen LogP contribution in [0.3, 0.4) is 0 Å². The molecule has 2 aromatic rings. The van der Waals surface area contributed by atoms with Crippen molar-refractivity contribution in [2.24, 2.45) is 0 Å². The maximum absolute atomic E-state index is 14.0. The minimum atomic E-state index is -0.352. The van der Waals surface area contributed by atoms with Gasteiger partial charge in [-0.2, -0.15) is 0 Å². The number of ether oxygens (including phenoxy) is 1. The van der Waals surface area contributed by atoms with Crippen LogP contribution in [-0.4, -0.2) is 16.5 Å². The molecule has 0 aromatic heterocycles. The summed E-state index contributed by atoms with van der Waals surface area (Å²) in [6.45, 7) is 11.6. The van der Waals surface area contributed by atoms with Crippen molar-refractivity contribution in [3.63, 3.8) is 0 Å². The maximum atomic E-state index is 14.0. The van der Waals surface area contributed by atoms with E-state index in [0.717, 1.165) is 34.5 Å². The average Bonchev–Trinajstić information content (AvgIpc) is 3.02. The van der Waals surface area contributed by atoms with Crippen LogP contribution in [0.2, 0.25) is 0 Å². The second-order valence-corrected chi connectivity index (χ2v) is 7.69. The number of fused-ring (bicyclic) bond motifs is 1. The summed E-state index contributed by atoms with van der Waals surface area (Å²) in [7, 11) is 0. The summed E-state index contributed by atoms with van der Waals surface area (Å²) < 4.78 is 19.9. The Kier molecular flexibility index (Phi) is 5.07. The van der Waals surface area contributed by atoms with Gasteiger partial charge in [0, 0.05) is 24.2 Å². The van der Waals surface area contributed by atoms with Crippen molar-refractivity contribution < 1.29 is 9.13 Å². The second kappa shape index (κ2) is 7.13. The van der Waals surface area contributed by atoms with Gasteiger partial charge in [-0.15, -0.1) is 0 Å². The fourth-order valence-electron chi connectivity index (χ4n) is 3.14. The van der Waals surface area contributed by atoms with Gasteiger partial charge in [-0.1, -0.05) is 30.0 Å². The highest BCUT2D eigenvalue weighted by Crippen LogP contribution is 2.30. The zero-order valence-electron chi connectivity index (χ0n) is 16.2. The van der Waals surface area contributed by atoms with Gasteiger partial charge in [0.1, 0.15) is 11.6 Å². The highest BCUT2D eigenvalue weighted by Gasteiger charge is 2.31. The molecule has 1 aliphatic rings. The van der Waals surface area contributed by atoms with Gasteiger partial charge < -0.3 is 4.74 Å². The highest BCUT2D eigenvalue weighted by atomic mass is 19.1. The molecule has 3 rings (SSSR count). The van der Waals surface area contributed by atoms with Crippen molar-refractivity contribution >= 4 is 0 Å². The van der Waals surface area contributed by atoms with E-state index in [2.05, 4.69) is 30.6 Å². The molecule has 0 N–H and O–H groups in total. The first-order valence-corrected chi connectivity index (χ1v) is 9.08. The number of nitrogens with zero attached hydrogens (tertiary/aromatic N) is 1. The molecule has 0 saturated carbocycles. The Morgan fingerprint density at radius 1 is 1.15 bits per heavy atom. The number of halogens is 1. The number of hydrogen-bond acceptors (Lipinski definition) is 2. The molecule has 0 amide bonds. The van der Waals surface area contributed by atoms with Gasteiger partial charge in [0.05, 0.1) is 11.6 Å². The van der Waals surface area contributed by atoms with Crippen LogP contribution in [0.15, 0.2) is 36.4 Å². The lowest BCUT2D eigenvalue weighted by molar-refractivity contribution is 0.170. The molecular formula is C23H26FNO. The van der Waals surface area contributed by atoms with E-state index >= 15 is 0 Å². The minimum absolute atomic E-state index is 0.122. The summed E-state index contributed by atoms with van der Waals surface area (Å²) >= 11 is 0. The van der Waals surface area contributed by atoms with Crippen molar-refractivity contribution in [2.45, 2.75) is 59.4 Å². The van der Waals surface area contributed by atoms with Crippen molar-refractivity contribution in [1.82, 2.24) is 4.90 Å². The normalized spacial score (nSPS) is 14.1. The minimum Gasteiger partial charge on any atom is -0.491 e.